The zero-order valence-electron chi connectivity index (χ0n) is 16.9. The highest BCUT2D eigenvalue weighted by molar-refractivity contribution is 7.89. The van der Waals surface area contributed by atoms with Gasteiger partial charge in [-0.1, -0.05) is 30.9 Å². The van der Waals surface area contributed by atoms with E-state index in [2.05, 4.69) is 10.3 Å². The highest BCUT2D eigenvalue weighted by atomic mass is 35.5. The van der Waals surface area contributed by atoms with E-state index < -0.39 is 10.0 Å². The largest absolute Gasteiger partial charge is 0.495 e. The molecular weight excluding hydrogens is 426 g/mol. The summed E-state index contributed by atoms with van der Waals surface area (Å²) in [6.07, 6.45) is 7.73. The first-order valence-electron chi connectivity index (χ1n) is 9.93. The number of hydrogen-bond acceptors (Lipinski definition) is 5. The van der Waals surface area contributed by atoms with Gasteiger partial charge < -0.3 is 10.1 Å². The quantitative estimate of drug-likeness (QED) is 0.664. The third kappa shape index (κ3) is 5.50. The normalized spacial score (nSPS) is 15.2. The molecule has 30 heavy (non-hydrogen) atoms. The van der Waals surface area contributed by atoms with Gasteiger partial charge in [-0.2, -0.15) is 4.31 Å². The van der Waals surface area contributed by atoms with Crippen LogP contribution in [0.2, 0.25) is 5.02 Å². The molecule has 0 spiro atoms. The minimum atomic E-state index is -3.90. The van der Waals surface area contributed by atoms with Crippen molar-refractivity contribution in [3.8, 4) is 5.75 Å². The number of halogens is 1. The second-order valence-electron chi connectivity index (χ2n) is 7.27. The van der Waals surface area contributed by atoms with E-state index in [9.17, 15) is 13.2 Å². The summed E-state index contributed by atoms with van der Waals surface area (Å²) in [7, 11) is -2.43. The van der Waals surface area contributed by atoms with Gasteiger partial charge in [0.2, 0.25) is 15.9 Å². The Hall–Kier alpha value is -2.16. The van der Waals surface area contributed by atoms with Crippen molar-refractivity contribution in [1.29, 1.82) is 0 Å². The molecule has 1 aliphatic rings. The molecular formula is C21H26ClN3O4S. The molecule has 1 heterocycles. The summed E-state index contributed by atoms with van der Waals surface area (Å²) in [5, 5.41) is 3.02. The summed E-state index contributed by atoms with van der Waals surface area (Å²) >= 11 is 6.16. The summed E-state index contributed by atoms with van der Waals surface area (Å²) in [6, 6.07) is 7.75. The van der Waals surface area contributed by atoms with Crippen LogP contribution in [0, 0.1) is 0 Å². The molecule has 2 aromatic rings. The van der Waals surface area contributed by atoms with Gasteiger partial charge >= 0.3 is 0 Å². The molecule has 1 aromatic carbocycles. The minimum Gasteiger partial charge on any atom is -0.495 e. The lowest BCUT2D eigenvalue weighted by molar-refractivity contribution is -0.121. The Morgan fingerprint density at radius 3 is 2.53 bits per heavy atom. The molecule has 0 radical (unpaired) electrons. The van der Waals surface area contributed by atoms with Crippen LogP contribution in [-0.2, 0) is 21.4 Å². The molecule has 1 aromatic heterocycles. The lowest BCUT2D eigenvalue weighted by atomic mass is 9.95. The third-order valence-corrected chi connectivity index (χ3v) is 7.44. The highest BCUT2D eigenvalue weighted by Crippen LogP contribution is 2.31. The standard InChI is InChI=1S/C21H26ClN3O4S/c1-29-20-8-7-18(13-19(20)22)30(27,28)25(17-5-3-2-4-6-17)15-21(26)24-14-16-9-11-23-12-10-16/h7-13,17H,2-6,14-15H2,1H3,(H,24,26). The second-order valence-corrected chi connectivity index (χ2v) is 9.57. The molecule has 9 heteroatoms. The molecule has 1 fully saturated rings. The fourth-order valence-electron chi connectivity index (χ4n) is 3.62. The van der Waals surface area contributed by atoms with Crippen molar-refractivity contribution in [2.45, 2.75) is 49.6 Å². The third-order valence-electron chi connectivity index (χ3n) is 5.25. The van der Waals surface area contributed by atoms with Gasteiger partial charge in [-0.05, 0) is 48.7 Å². The molecule has 1 N–H and O–H groups in total. The fourth-order valence-corrected chi connectivity index (χ4v) is 5.61. The SMILES string of the molecule is COc1ccc(S(=O)(=O)N(CC(=O)NCc2ccncc2)C2CCCCC2)cc1Cl. The van der Waals surface area contributed by atoms with Crippen LogP contribution in [0.25, 0.3) is 0 Å². The first kappa shape index (κ1) is 22.5. The van der Waals surface area contributed by atoms with Crippen LogP contribution in [-0.4, -0.2) is 43.3 Å². The first-order chi connectivity index (χ1) is 14.4. The van der Waals surface area contributed by atoms with Crippen LogP contribution < -0.4 is 10.1 Å². The molecule has 1 amide bonds. The van der Waals surface area contributed by atoms with Gasteiger partial charge in [0.25, 0.3) is 0 Å². The van der Waals surface area contributed by atoms with Gasteiger partial charge in [-0.15, -0.1) is 0 Å². The maximum absolute atomic E-state index is 13.4. The number of sulfonamides is 1. The Balaban J connectivity index is 1.80. The van der Waals surface area contributed by atoms with Crippen molar-refractivity contribution in [3.63, 3.8) is 0 Å². The van der Waals surface area contributed by atoms with E-state index in [1.54, 1.807) is 24.5 Å². The van der Waals surface area contributed by atoms with E-state index in [-0.39, 0.29) is 28.4 Å². The number of benzene rings is 1. The van der Waals surface area contributed by atoms with Gasteiger partial charge in [0.1, 0.15) is 5.75 Å². The van der Waals surface area contributed by atoms with E-state index in [0.29, 0.717) is 12.3 Å². The number of amides is 1. The number of carbonyl (C=O) groups excluding carboxylic acids is 1. The average Bonchev–Trinajstić information content (AvgIpc) is 2.77. The number of nitrogens with zero attached hydrogens (tertiary/aromatic N) is 2. The molecule has 3 rings (SSSR count). The van der Waals surface area contributed by atoms with Crippen molar-refractivity contribution >= 4 is 27.5 Å². The number of carbonyl (C=O) groups is 1. The van der Waals surface area contributed by atoms with Gasteiger partial charge in [-0.25, -0.2) is 8.42 Å². The number of hydrogen-bond donors (Lipinski definition) is 1. The van der Waals surface area contributed by atoms with E-state index in [4.69, 9.17) is 16.3 Å². The van der Waals surface area contributed by atoms with Crippen molar-refractivity contribution in [3.05, 3.63) is 53.3 Å². The maximum Gasteiger partial charge on any atom is 0.243 e. The predicted molar refractivity (Wildman–Crippen MR) is 115 cm³/mol. The lowest BCUT2D eigenvalue weighted by Crippen LogP contribution is -2.46. The Morgan fingerprint density at radius 1 is 1.20 bits per heavy atom. The fraction of sp³-hybridized carbons (Fsp3) is 0.429. The molecule has 162 valence electrons. The number of pyridine rings is 1. The topological polar surface area (TPSA) is 88.6 Å². The molecule has 1 aliphatic carbocycles. The predicted octanol–water partition coefficient (Wildman–Crippen LogP) is 3.38. The van der Waals surface area contributed by atoms with Crippen LogP contribution >= 0.6 is 11.6 Å². The molecule has 0 bridgehead atoms. The zero-order valence-corrected chi connectivity index (χ0v) is 18.5. The second kappa shape index (κ2) is 10.2. The molecule has 0 saturated heterocycles. The van der Waals surface area contributed by atoms with Crippen LogP contribution in [0.4, 0.5) is 0 Å². The first-order valence-corrected chi connectivity index (χ1v) is 11.7. The van der Waals surface area contributed by atoms with E-state index >= 15 is 0 Å². The number of methoxy groups -OCH3 is 1. The van der Waals surface area contributed by atoms with Crippen molar-refractivity contribution in [2.24, 2.45) is 0 Å². The Labute approximate surface area is 182 Å². The summed E-state index contributed by atoms with van der Waals surface area (Å²) in [5.41, 5.74) is 0.896. The molecule has 7 nitrogen and oxygen atoms in total. The lowest BCUT2D eigenvalue weighted by Gasteiger charge is -2.33. The van der Waals surface area contributed by atoms with Crippen LogP contribution in [0.3, 0.4) is 0 Å². The van der Waals surface area contributed by atoms with Gasteiger partial charge in [0, 0.05) is 25.0 Å². The van der Waals surface area contributed by atoms with Crippen molar-refractivity contribution in [1.82, 2.24) is 14.6 Å². The Kier molecular flexibility index (Phi) is 7.69. The summed E-state index contributed by atoms with van der Waals surface area (Å²) in [5.74, 6) is 0.0514. The Bertz CT molecular complexity index is 963. The van der Waals surface area contributed by atoms with Crippen LogP contribution in [0.1, 0.15) is 37.7 Å². The number of ether oxygens (including phenoxy) is 1. The minimum absolute atomic E-state index is 0.0563. The smallest absolute Gasteiger partial charge is 0.243 e. The van der Waals surface area contributed by atoms with Crippen LogP contribution in [0.15, 0.2) is 47.6 Å². The van der Waals surface area contributed by atoms with Crippen LogP contribution in [0.5, 0.6) is 5.75 Å². The monoisotopic (exact) mass is 451 g/mol. The summed E-state index contributed by atoms with van der Waals surface area (Å²) < 4.78 is 33.3. The summed E-state index contributed by atoms with van der Waals surface area (Å²) in [4.78, 5) is 16.6. The molecule has 0 unspecified atom stereocenters. The van der Waals surface area contributed by atoms with Gasteiger partial charge in [0.05, 0.1) is 23.6 Å². The number of nitrogens with one attached hydrogen (secondary N) is 1. The number of aromatic nitrogens is 1. The van der Waals surface area contributed by atoms with Gasteiger partial charge in [-0.3, -0.25) is 9.78 Å². The number of rotatable bonds is 8. The molecule has 0 aliphatic heterocycles. The van der Waals surface area contributed by atoms with Crippen molar-refractivity contribution < 1.29 is 17.9 Å². The average molecular weight is 452 g/mol. The molecule has 1 saturated carbocycles. The van der Waals surface area contributed by atoms with Crippen molar-refractivity contribution in [2.75, 3.05) is 13.7 Å². The highest BCUT2D eigenvalue weighted by Gasteiger charge is 2.34. The van der Waals surface area contributed by atoms with E-state index in [0.717, 1.165) is 37.7 Å². The summed E-state index contributed by atoms with van der Waals surface area (Å²) in [6.45, 7) is 0.0794. The maximum atomic E-state index is 13.4. The zero-order chi connectivity index (χ0) is 21.6. The Morgan fingerprint density at radius 2 is 1.90 bits per heavy atom. The van der Waals surface area contributed by atoms with E-state index in [1.807, 2.05) is 0 Å². The van der Waals surface area contributed by atoms with E-state index in [1.165, 1.54) is 29.6 Å². The molecule has 0 atom stereocenters. The van der Waals surface area contributed by atoms with Gasteiger partial charge in [0.15, 0.2) is 0 Å².